The third-order valence-electron chi connectivity index (χ3n) is 4.19. The van der Waals surface area contributed by atoms with Gasteiger partial charge >= 0.3 is 0 Å². The van der Waals surface area contributed by atoms with E-state index in [1.165, 1.54) is 18.0 Å². The minimum atomic E-state index is -0.145. The van der Waals surface area contributed by atoms with Crippen LogP contribution in [0.3, 0.4) is 0 Å². The van der Waals surface area contributed by atoms with E-state index in [0.29, 0.717) is 40.2 Å². The number of rotatable bonds is 6. The lowest BCUT2D eigenvalue weighted by Crippen LogP contribution is -2.39. The van der Waals surface area contributed by atoms with Gasteiger partial charge in [0.15, 0.2) is 10.8 Å². The Bertz CT molecular complexity index is 816. The van der Waals surface area contributed by atoms with Crippen LogP contribution in [0.2, 0.25) is 0 Å². The number of hydrogen-bond donors (Lipinski definition) is 1. The Labute approximate surface area is 151 Å². The molecule has 0 saturated carbocycles. The molecule has 136 valence electrons. The lowest BCUT2D eigenvalue weighted by atomic mass is 10.1. The van der Waals surface area contributed by atoms with Crippen LogP contribution >= 0.6 is 11.8 Å². The monoisotopic (exact) mass is 363 g/mol. The van der Waals surface area contributed by atoms with Crippen molar-refractivity contribution in [3.8, 4) is 0 Å². The zero-order valence-corrected chi connectivity index (χ0v) is 16.0. The van der Waals surface area contributed by atoms with Crippen molar-refractivity contribution in [2.45, 2.75) is 45.3 Å². The second-order valence-corrected chi connectivity index (χ2v) is 8.44. The van der Waals surface area contributed by atoms with Crippen molar-refractivity contribution >= 4 is 28.7 Å². The highest BCUT2D eigenvalue weighted by atomic mass is 32.2. The van der Waals surface area contributed by atoms with Crippen LogP contribution in [0.1, 0.15) is 40.2 Å². The van der Waals surface area contributed by atoms with Gasteiger partial charge in [-0.15, -0.1) is 0 Å². The summed E-state index contributed by atoms with van der Waals surface area (Å²) in [5.74, 6) is 1.65. The van der Waals surface area contributed by atoms with Gasteiger partial charge in [0.2, 0.25) is 5.91 Å². The Hall–Kier alpha value is -1.83. The third kappa shape index (κ3) is 3.73. The first kappa shape index (κ1) is 18.0. The van der Waals surface area contributed by atoms with Crippen LogP contribution in [0.15, 0.2) is 16.1 Å². The highest BCUT2D eigenvalue weighted by Crippen LogP contribution is 2.33. The zero-order chi connectivity index (χ0) is 18.1. The first-order valence-corrected chi connectivity index (χ1v) is 9.71. The summed E-state index contributed by atoms with van der Waals surface area (Å²) in [6, 6.07) is -0.145. The molecule has 0 aliphatic carbocycles. The van der Waals surface area contributed by atoms with Crippen LogP contribution in [0.25, 0.3) is 11.0 Å². The van der Waals surface area contributed by atoms with E-state index in [1.54, 1.807) is 4.57 Å². The summed E-state index contributed by atoms with van der Waals surface area (Å²) in [6.07, 6.45) is 1.84. The van der Waals surface area contributed by atoms with E-state index in [4.69, 9.17) is 0 Å². The van der Waals surface area contributed by atoms with Gasteiger partial charge in [-0.05, 0) is 11.8 Å². The molecule has 0 fully saturated rings. The number of hydrogen-bond acceptors (Lipinski definition) is 5. The van der Waals surface area contributed by atoms with E-state index < -0.39 is 0 Å². The summed E-state index contributed by atoms with van der Waals surface area (Å²) < 4.78 is 1.67. The Kier molecular flexibility index (Phi) is 5.17. The predicted octanol–water partition coefficient (Wildman–Crippen LogP) is 2.30. The molecule has 25 heavy (non-hydrogen) atoms. The normalized spacial score (nSPS) is 16.8. The molecule has 1 atom stereocenters. The minimum Gasteiger partial charge on any atom is -0.342 e. The third-order valence-corrected chi connectivity index (χ3v) is 5.28. The Morgan fingerprint density at radius 1 is 1.36 bits per heavy atom. The Morgan fingerprint density at radius 2 is 2.04 bits per heavy atom. The second-order valence-electron chi connectivity index (χ2n) is 7.46. The standard InChI is InChI=1S/C17H25N5O2S/c1-10(2)7-21(8-11(3)4)14(23)5-12-9-25-17-19-15-13(6-18-20-15)16(24)22(12)17/h6,10-12H,5,7-9H2,1-4H3,(H,18,20). The van der Waals surface area contributed by atoms with Gasteiger partial charge in [0.25, 0.3) is 5.56 Å². The van der Waals surface area contributed by atoms with Crippen molar-refractivity contribution in [1.82, 2.24) is 24.6 Å². The average Bonchev–Trinajstić information content (AvgIpc) is 3.13. The molecule has 7 nitrogen and oxygen atoms in total. The maximum atomic E-state index is 12.9. The maximum Gasteiger partial charge on any atom is 0.265 e. The predicted molar refractivity (Wildman–Crippen MR) is 98.8 cm³/mol. The zero-order valence-electron chi connectivity index (χ0n) is 15.2. The van der Waals surface area contributed by atoms with E-state index in [2.05, 4.69) is 42.9 Å². The van der Waals surface area contributed by atoms with E-state index in [-0.39, 0.29) is 17.5 Å². The number of thioether (sulfide) groups is 1. The van der Waals surface area contributed by atoms with Gasteiger partial charge in [-0.3, -0.25) is 19.3 Å². The first-order valence-electron chi connectivity index (χ1n) is 8.73. The van der Waals surface area contributed by atoms with Gasteiger partial charge in [-0.2, -0.15) is 5.10 Å². The molecule has 3 heterocycles. The summed E-state index contributed by atoms with van der Waals surface area (Å²) in [5, 5.41) is 7.78. The fraction of sp³-hybridized carbons (Fsp3) is 0.647. The van der Waals surface area contributed by atoms with Crippen LogP contribution in [0.5, 0.6) is 0 Å². The molecule has 0 saturated heterocycles. The molecule has 2 aromatic rings. The van der Waals surface area contributed by atoms with E-state index in [9.17, 15) is 9.59 Å². The summed E-state index contributed by atoms with van der Waals surface area (Å²) in [6.45, 7) is 9.96. The quantitative estimate of drug-likeness (QED) is 0.796. The molecular formula is C17H25N5O2S. The van der Waals surface area contributed by atoms with Crippen LogP contribution in [-0.4, -0.2) is 49.4 Å². The van der Waals surface area contributed by atoms with Crippen LogP contribution < -0.4 is 5.56 Å². The smallest absolute Gasteiger partial charge is 0.265 e. The average molecular weight is 363 g/mol. The lowest BCUT2D eigenvalue weighted by molar-refractivity contribution is -0.133. The summed E-state index contributed by atoms with van der Waals surface area (Å²) in [4.78, 5) is 32.0. The van der Waals surface area contributed by atoms with Crippen molar-refractivity contribution in [3.63, 3.8) is 0 Å². The van der Waals surface area contributed by atoms with Crippen LogP contribution in [0, 0.1) is 11.8 Å². The molecular weight excluding hydrogens is 338 g/mol. The van der Waals surface area contributed by atoms with Gasteiger partial charge in [0.05, 0.1) is 12.2 Å². The number of amides is 1. The topological polar surface area (TPSA) is 83.9 Å². The SMILES string of the molecule is CC(C)CN(CC(C)C)C(=O)CC1CSc2nc3[nH]ncc3c(=O)n21. The minimum absolute atomic E-state index is 0.111. The number of fused-ring (bicyclic) bond motifs is 2. The fourth-order valence-corrected chi connectivity index (χ4v) is 4.33. The van der Waals surface area contributed by atoms with Crippen molar-refractivity contribution in [3.05, 3.63) is 16.6 Å². The maximum absolute atomic E-state index is 12.9. The summed E-state index contributed by atoms with van der Waals surface area (Å²) in [7, 11) is 0. The second kappa shape index (κ2) is 7.19. The van der Waals surface area contributed by atoms with E-state index in [0.717, 1.165) is 13.1 Å². The van der Waals surface area contributed by atoms with Crippen molar-refractivity contribution in [1.29, 1.82) is 0 Å². The molecule has 0 radical (unpaired) electrons. The fourth-order valence-electron chi connectivity index (χ4n) is 3.20. The molecule has 0 spiro atoms. The van der Waals surface area contributed by atoms with Gasteiger partial charge in [0.1, 0.15) is 5.39 Å². The number of nitrogens with one attached hydrogen (secondary N) is 1. The number of carbonyl (C=O) groups excluding carboxylic acids is 1. The van der Waals surface area contributed by atoms with Gasteiger partial charge < -0.3 is 4.90 Å². The molecule has 1 unspecified atom stereocenters. The Balaban J connectivity index is 1.82. The number of aromatic amines is 1. The first-order chi connectivity index (χ1) is 11.9. The van der Waals surface area contributed by atoms with Crippen molar-refractivity contribution < 1.29 is 4.79 Å². The summed E-state index contributed by atoms with van der Waals surface area (Å²) in [5.41, 5.74) is 0.396. The van der Waals surface area contributed by atoms with Crippen LogP contribution in [-0.2, 0) is 4.79 Å². The van der Waals surface area contributed by atoms with Crippen LogP contribution in [0.4, 0.5) is 0 Å². The number of nitrogens with zero attached hydrogens (tertiary/aromatic N) is 4. The molecule has 0 aromatic carbocycles. The van der Waals surface area contributed by atoms with E-state index >= 15 is 0 Å². The van der Waals surface area contributed by atoms with Gasteiger partial charge in [-0.25, -0.2) is 4.98 Å². The van der Waals surface area contributed by atoms with Crippen molar-refractivity contribution in [2.75, 3.05) is 18.8 Å². The highest BCUT2D eigenvalue weighted by Gasteiger charge is 2.30. The van der Waals surface area contributed by atoms with Gasteiger partial charge in [-0.1, -0.05) is 39.5 Å². The molecule has 2 aromatic heterocycles. The lowest BCUT2D eigenvalue weighted by Gasteiger charge is -2.27. The molecule has 1 aliphatic rings. The van der Waals surface area contributed by atoms with Gasteiger partial charge in [0, 0.05) is 25.3 Å². The molecule has 1 N–H and O–H groups in total. The highest BCUT2D eigenvalue weighted by molar-refractivity contribution is 7.99. The summed E-state index contributed by atoms with van der Waals surface area (Å²) >= 11 is 1.52. The van der Waals surface area contributed by atoms with E-state index in [1.807, 2.05) is 4.90 Å². The molecule has 1 amide bonds. The molecule has 3 rings (SSSR count). The number of aromatic nitrogens is 4. The molecule has 8 heteroatoms. The number of H-pyrrole nitrogens is 1. The Morgan fingerprint density at radius 3 is 2.68 bits per heavy atom. The number of carbonyl (C=O) groups is 1. The molecule has 0 bridgehead atoms. The molecule has 1 aliphatic heterocycles. The largest absolute Gasteiger partial charge is 0.342 e. The van der Waals surface area contributed by atoms with Crippen molar-refractivity contribution in [2.24, 2.45) is 11.8 Å².